The average molecular weight is 296 g/mol. The van der Waals surface area contributed by atoms with Gasteiger partial charge in [0.25, 0.3) is 0 Å². The molecule has 0 saturated heterocycles. The largest absolute Gasteiger partial charge is 0.468 e. The summed E-state index contributed by atoms with van der Waals surface area (Å²) in [4.78, 5) is 23.0. The summed E-state index contributed by atoms with van der Waals surface area (Å²) in [6.45, 7) is 0. The molecule has 0 radical (unpaired) electrons. The van der Waals surface area contributed by atoms with Gasteiger partial charge in [-0.3, -0.25) is 9.59 Å². The number of ketones is 1. The van der Waals surface area contributed by atoms with E-state index in [1.807, 2.05) is 6.07 Å². The van der Waals surface area contributed by atoms with E-state index in [1.165, 1.54) is 5.56 Å². The molecule has 0 bridgehead atoms. The first-order valence-electron chi connectivity index (χ1n) is 6.33. The maximum absolute atomic E-state index is 12.0. The van der Waals surface area contributed by atoms with E-state index >= 15 is 0 Å². The number of esters is 1. The van der Waals surface area contributed by atoms with Crippen molar-refractivity contribution in [2.24, 2.45) is 0 Å². The van der Waals surface area contributed by atoms with Crippen LogP contribution in [0.3, 0.4) is 0 Å². The Morgan fingerprint density at radius 2 is 1.85 bits per heavy atom. The van der Waals surface area contributed by atoms with E-state index < -0.39 is 33.1 Å². The number of methoxy groups -OCH3 is 1. The molecule has 2 rings (SSSR count). The van der Waals surface area contributed by atoms with E-state index in [9.17, 15) is 18.0 Å². The molecule has 0 heterocycles. The summed E-state index contributed by atoms with van der Waals surface area (Å²) >= 11 is 0. The van der Waals surface area contributed by atoms with Crippen molar-refractivity contribution in [3.8, 4) is 0 Å². The third-order valence-electron chi connectivity index (χ3n) is 3.34. The fourth-order valence-corrected chi connectivity index (χ4v) is 3.46. The smallest absolute Gasteiger partial charge is 0.320 e. The van der Waals surface area contributed by atoms with Crippen LogP contribution in [0.1, 0.15) is 27.9 Å². The Balaban J connectivity index is 2.10. The fourth-order valence-electron chi connectivity index (χ4n) is 2.32. The van der Waals surface area contributed by atoms with Gasteiger partial charge in [0.1, 0.15) is 11.5 Å². The van der Waals surface area contributed by atoms with Crippen LogP contribution in [0.15, 0.2) is 18.2 Å². The van der Waals surface area contributed by atoms with Gasteiger partial charge in [0.2, 0.25) is 0 Å². The van der Waals surface area contributed by atoms with Crippen molar-refractivity contribution in [3.63, 3.8) is 0 Å². The van der Waals surface area contributed by atoms with Crippen molar-refractivity contribution in [2.75, 3.05) is 18.6 Å². The van der Waals surface area contributed by atoms with E-state index in [2.05, 4.69) is 4.74 Å². The molecule has 0 fully saturated rings. The van der Waals surface area contributed by atoms with E-state index in [0.29, 0.717) is 5.56 Å². The molecule has 0 amide bonds. The number of rotatable bonds is 5. The normalized spacial score (nSPS) is 13.8. The van der Waals surface area contributed by atoms with Gasteiger partial charge in [-0.1, -0.05) is 12.1 Å². The van der Waals surface area contributed by atoms with Crippen molar-refractivity contribution in [2.45, 2.75) is 19.3 Å². The molecule has 1 aliphatic rings. The lowest BCUT2D eigenvalue weighted by Crippen LogP contribution is -2.24. The zero-order valence-corrected chi connectivity index (χ0v) is 12.0. The van der Waals surface area contributed by atoms with Gasteiger partial charge in [0, 0.05) is 5.56 Å². The first-order valence-corrected chi connectivity index (χ1v) is 8.15. The molecular weight excluding hydrogens is 280 g/mol. The van der Waals surface area contributed by atoms with Crippen molar-refractivity contribution in [1.82, 2.24) is 0 Å². The summed E-state index contributed by atoms with van der Waals surface area (Å²) in [5.41, 5.74) is 2.72. The number of carbonyl (C=O) groups is 2. The van der Waals surface area contributed by atoms with Crippen molar-refractivity contribution >= 4 is 21.6 Å². The van der Waals surface area contributed by atoms with Gasteiger partial charge in [0.05, 0.1) is 7.11 Å². The summed E-state index contributed by atoms with van der Waals surface area (Å²) in [6, 6.07) is 5.29. The van der Waals surface area contributed by atoms with Crippen LogP contribution in [-0.4, -0.2) is 38.8 Å². The number of Topliss-reactive ketones (excluding diaryl/α,β-unsaturated/α-hetero) is 1. The maximum Gasteiger partial charge on any atom is 0.320 e. The first-order chi connectivity index (χ1) is 9.41. The lowest BCUT2D eigenvalue weighted by Gasteiger charge is -2.05. The highest BCUT2D eigenvalue weighted by molar-refractivity contribution is 7.92. The summed E-state index contributed by atoms with van der Waals surface area (Å²) in [7, 11) is -2.67. The maximum atomic E-state index is 12.0. The fraction of sp³-hybridized carbons (Fsp3) is 0.429. The summed E-state index contributed by atoms with van der Waals surface area (Å²) in [6.07, 6.45) is 2.99. The van der Waals surface area contributed by atoms with Crippen LogP contribution < -0.4 is 0 Å². The standard InChI is InChI=1S/C14H16O5S/c1-19-14(16)9-20(17,18)8-13(15)12-6-5-10-3-2-4-11(10)7-12/h5-7H,2-4,8-9H2,1H3. The van der Waals surface area contributed by atoms with Crippen molar-refractivity contribution < 1.29 is 22.7 Å². The highest BCUT2D eigenvalue weighted by atomic mass is 32.2. The Kier molecular flexibility index (Phi) is 4.23. The monoisotopic (exact) mass is 296 g/mol. The van der Waals surface area contributed by atoms with Gasteiger partial charge >= 0.3 is 5.97 Å². The molecule has 6 heteroatoms. The zero-order chi connectivity index (χ0) is 14.8. The molecule has 108 valence electrons. The molecule has 1 aromatic rings. The third kappa shape index (κ3) is 3.45. The molecule has 5 nitrogen and oxygen atoms in total. The Hall–Kier alpha value is -1.69. The van der Waals surface area contributed by atoms with E-state index in [0.717, 1.165) is 31.9 Å². The molecular formula is C14H16O5S. The van der Waals surface area contributed by atoms with Gasteiger partial charge in [0.15, 0.2) is 15.6 Å². The lowest BCUT2D eigenvalue weighted by atomic mass is 10.0. The molecule has 0 N–H and O–H groups in total. The molecule has 0 aromatic heterocycles. The predicted octanol–water partition coefficient (Wildman–Crippen LogP) is 0.946. The highest BCUT2D eigenvalue weighted by Crippen LogP contribution is 2.23. The minimum Gasteiger partial charge on any atom is -0.468 e. The number of ether oxygens (including phenoxy) is 1. The van der Waals surface area contributed by atoms with Gasteiger partial charge in [-0.15, -0.1) is 0 Å². The molecule has 0 atom stereocenters. The second-order valence-corrected chi connectivity index (χ2v) is 6.93. The minimum atomic E-state index is -3.78. The van der Waals surface area contributed by atoms with Gasteiger partial charge in [-0.25, -0.2) is 8.42 Å². The van der Waals surface area contributed by atoms with Crippen LogP contribution in [0.25, 0.3) is 0 Å². The molecule has 0 spiro atoms. The summed E-state index contributed by atoms with van der Waals surface area (Å²) in [5.74, 6) is -2.77. The van der Waals surface area contributed by atoms with E-state index in [4.69, 9.17) is 0 Å². The summed E-state index contributed by atoms with van der Waals surface area (Å²) < 4.78 is 27.7. The van der Waals surface area contributed by atoms with Crippen LogP contribution in [0.4, 0.5) is 0 Å². The summed E-state index contributed by atoms with van der Waals surface area (Å²) in [5, 5.41) is 0. The third-order valence-corrected chi connectivity index (χ3v) is 4.71. The molecule has 1 aromatic carbocycles. The zero-order valence-electron chi connectivity index (χ0n) is 11.2. The van der Waals surface area contributed by atoms with Gasteiger partial charge < -0.3 is 4.74 Å². The second-order valence-electron chi connectivity index (χ2n) is 4.87. The molecule has 0 saturated carbocycles. The van der Waals surface area contributed by atoms with Crippen LogP contribution in [0.2, 0.25) is 0 Å². The first kappa shape index (κ1) is 14.7. The van der Waals surface area contributed by atoms with Crippen LogP contribution in [0, 0.1) is 0 Å². The quantitative estimate of drug-likeness (QED) is 0.597. The van der Waals surface area contributed by atoms with E-state index in [-0.39, 0.29) is 0 Å². The average Bonchev–Trinajstić information content (AvgIpc) is 2.84. The Morgan fingerprint density at radius 1 is 1.15 bits per heavy atom. The number of benzene rings is 1. The minimum absolute atomic E-state index is 0.388. The Morgan fingerprint density at radius 3 is 2.55 bits per heavy atom. The molecule has 0 unspecified atom stereocenters. The lowest BCUT2D eigenvalue weighted by molar-refractivity contribution is -0.137. The van der Waals surface area contributed by atoms with Crippen molar-refractivity contribution in [3.05, 3.63) is 34.9 Å². The van der Waals surface area contributed by atoms with Crippen LogP contribution in [-0.2, 0) is 32.2 Å². The number of aryl methyl sites for hydroxylation is 2. The number of carbonyl (C=O) groups excluding carboxylic acids is 2. The van der Waals surface area contributed by atoms with Gasteiger partial charge in [-0.2, -0.15) is 0 Å². The van der Waals surface area contributed by atoms with E-state index in [1.54, 1.807) is 12.1 Å². The second kappa shape index (κ2) is 5.75. The topological polar surface area (TPSA) is 77.5 Å². The van der Waals surface area contributed by atoms with Crippen LogP contribution >= 0.6 is 0 Å². The molecule has 20 heavy (non-hydrogen) atoms. The SMILES string of the molecule is COC(=O)CS(=O)(=O)CC(=O)c1ccc2c(c1)CCC2. The van der Waals surface area contributed by atoms with Crippen LogP contribution in [0.5, 0.6) is 0 Å². The Bertz CT molecular complexity index is 646. The number of sulfone groups is 1. The number of fused-ring (bicyclic) bond motifs is 1. The Labute approximate surface area is 117 Å². The number of hydrogen-bond acceptors (Lipinski definition) is 5. The molecule has 0 aliphatic heterocycles. The molecule has 1 aliphatic carbocycles. The highest BCUT2D eigenvalue weighted by Gasteiger charge is 2.23. The van der Waals surface area contributed by atoms with Gasteiger partial charge in [-0.05, 0) is 36.5 Å². The number of hydrogen-bond donors (Lipinski definition) is 0. The van der Waals surface area contributed by atoms with Crippen molar-refractivity contribution in [1.29, 1.82) is 0 Å². The predicted molar refractivity (Wildman–Crippen MR) is 73.5 cm³/mol.